The molecule has 15 aromatic rings. The molecule has 0 amide bonds. The van der Waals surface area contributed by atoms with Crippen LogP contribution in [0, 0.1) is 17.9 Å². The molecule has 0 aliphatic carbocycles. The molecule has 12 heteroatoms. The summed E-state index contributed by atoms with van der Waals surface area (Å²) in [5, 5.41) is 13.0. The molecule has 0 radical (unpaired) electrons. The Kier molecular flexibility index (Phi) is 16.4. The Balaban J connectivity index is 0.945. The number of hydrogen-bond acceptors (Lipinski definition) is 9. The number of rotatable bonds is 10. The summed E-state index contributed by atoms with van der Waals surface area (Å²) < 4.78 is 2.35. The summed E-state index contributed by atoms with van der Waals surface area (Å²) in [5.41, 5.74) is 24.1. The highest BCUT2D eigenvalue weighted by Crippen LogP contribution is 2.51. The van der Waals surface area contributed by atoms with Crippen molar-refractivity contribution < 1.29 is 0 Å². The van der Waals surface area contributed by atoms with Crippen LogP contribution in [0.2, 0.25) is 0 Å². The van der Waals surface area contributed by atoms with Crippen molar-refractivity contribution in [2.24, 2.45) is 0 Å². The van der Waals surface area contributed by atoms with Crippen LogP contribution in [0.15, 0.2) is 267 Å². The molecule has 2 aliphatic rings. The van der Waals surface area contributed by atoms with Gasteiger partial charge in [-0.25, -0.2) is 34.7 Å². The molecule has 0 saturated heterocycles. The predicted octanol–water partition coefficient (Wildman–Crippen LogP) is 22.5. The number of fused-ring (bicyclic) bond motifs is 7. The number of hydrogen-bond donors (Lipinski definition) is 0. The van der Waals surface area contributed by atoms with Gasteiger partial charge < -0.3 is 14.4 Å². The van der Waals surface area contributed by atoms with Crippen LogP contribution in [0.5, 0.6) is 0 Å². The van der Waals surface area contributed by atoms with Crippen LogP contribution < -0.4 is 26.2 Å². The van der Waals surface area contributed by atoms with E-state index in [0.29, 0.717) is 46.2 Å². The van der Waals surface area contributed by atoms with E-state index < -0.39 is 0 Å². The highest BCUT2D eigenvalue weighted by Gasteiger charge is 2.45. The lowest BCUT2D eigenvalue weighted by Crippen LogP contribution is -2.61. The molecule has 3 aromatic heterocycles. The summed E-state index contributed by atoms with van der Waals surface area (Å²) in [6.07, 6.45) is 0. The largest absolute Gasteiger partial charge is 0.313 e. The predicted molar refractivity (Wildman–Crippen MR) is 445 cm³/mol. The summed E-state index contributed by atoms with van der Waals surface area (Å²) in [7, 11) is 0. The van der Waals surface area contributed by atoms with Gasteiger partial charge in [0.05, 0.1) is 34.9 Å². The minimum absolute atomic E-state index is 0.208. The van der Waals surface area contributed by atoms with Gasteiger partial charge in [-0.05, 0) is 162 Å². The molecular weight excluding hydrogens is 1320 g/mol. The van der Waals surface area contributed by atoms with Crippen molar-refractivity contribution in [2.45, 2.75) is 105 Å². The van der Waals surface area contributed by atoms with Gasteiger partial charge in [0.25, 0.3) is 6.71 Å². The minimum Gasteiger partial charge on any atom is -0.313 e. The summed E-state index contributed by atoms with van der Waals surface area (Å²) >= 11 is 0. The van der Waals surface area contributed by atoms with Gasteiger partial charge in [-0.3, -0.25) is 0 Å². The lowest BCUT2D eigenvalue weighted by Gasteiger charge is -2.45. The van der Waals surface area contributed by atoms with Gasteiger partial charge in [0, 0.05) is 78.3 Å². The fourth-order valence-corrected chi connectivity index (χ4v) is 15.4. The van der Waals surface area contributed by atoms with Crippen molar-refractivity contribution in [3.05, 3.63) is 306 Å². The fraction of sp³-hybridized carbons (Fsp3) is 0.167. The Labute approximate surface area is 632 Å². The van der Waals surface area contributed by atoms with Gasteiger partial charge >= 0.3 is 0 Å². The van der Waals surface area contributed by atoms with Crippen LogP contribution in [0.4, 0.5) is 39.8 Å². The Bertz CT molecular complexity index is 5860. The van der Waals surface area contributed by atoms with E-state index in [9.17, 15) is 5.26 Å². The first-order chi connectivity index (χ1) is 51.9. The quantitative estimate of drug-likeness (QED) is 0.0974. The highest BCUT2D eigenvalue weighted by molar-refractivity contribution is 7.00. The van der Waals surface area contributed by atoms with Gasteiger partial charge in [-0.15, -0.1) is 0 Å². The highest BCUT2D eigenvalue weighted by atomic mass is 15.2. The lowest BCUT2D eigenvalue weighted by molar-refractivity contribution is 0.568. The summed E-state index contributed by atoms with van der Waals surface area (Å²) in [6, 6.07) is 96.3. The second kappa shape index (κ2) is 26.0. The van der Waals surface area contributed by atoms with Crippen molar-refractivity contribution in [1.82, 2.24) is 34.5 Å². The monoisotopic (exact) mass is 1400 g/mol. The van der Waals surface area contributed by atoms with Crippen molar-refractivity contribution in [1.29, 1.82) is 5.26 Å². The fourth-order valence-electron chi connectivity index (χ4n) is 15.4. The van der Waals surface area contributed by atoms with Gasteiger partial charge in [0.1, 0.15) is 0 Å². The maximum atomic E-state index is 10.9. The summed E-state index contributed by atoms with van der Waals surface area (Å²) in [5.74, 6) is 3.13. The van der Waals surface area contributed by atoms with Crippen molar-refractivity contribution >= 4 is 84.7 Å². The molecule has 12 aromatic carbocycles. The van der Waals surface area contributed by atoms with Gasteiger partial charge in [0.2, 0.25) is 0 Å². The van der Waals surface area contributed by atoms with E-state index in [0.717, 1.165) is 123 Å². The second-order valence-corrected chi connectivity index (χ2v) is 32.7. The third kappa shape index (κ3) is 12.2. The minimum atomic E-state index is -0.283. The van der Waals surface area contributed by atoms with Crippen LogP contribution in [-0.4, -0.2) is 41.2 Å². The van der Waals surface area contributed by atoms with Crippen LogP contribution in [0.3, 0.4) is 0 Å². The average molecular weight is 1400 g/mol. The third-order valence-electron chi connectivity index (χ3n) is 21.3. The maximum absolute atomic E-state index is 10.9. The zero-order valence-corrected chi connectivity index (χ0v) is 62.9. The smallest absolute Gasteiger partial charge is 0.251 e. The van der Waals surface area contributed by atoms with Crippen molar-refractivity contribution in [3.8, 4) is 91.2 Å². The van der Waals surface area contributed by atoms with Gasteiger partial charge in [-0.2, -0.15) is 5.26 Å². The Morgan fingerprint density at radius 2 is 0.741 bits per heavy atom. The number of benzene rings is 12. The standard InChI is InChI=1S/C96H80BN11/c1-93(2,3)67-51-68(94(4,5)6)54-72(53-67)106-82-46-59(58-98)38-42-77(82)97-78-43-41-71(99-13)57-83(78)107(73-55-69(95(7,8)9)52-70(56-73)96(10,11)12)85-50-66(49-84(106)86(85)97)64-39-44-80-75(47-64)74-36-26-27-37-79(74)108(80)81-45-40-65(91-102-87(60-28-18-14-19-29-60)100-88(103-91)61-30-20-15-21-31-61)48-76(81)92-104-89(62-32-22-16-23-33-62)101-90(105-92)63-34-24-17-25-35-63/h14-57H,1-12H3. The number of aromatic nitrogens is 7. The van der Waals surface area contributed by atoms with E-state index >= 15 is 0 Å². The van der Waals surface area contributed by atoms with Gasteiger partial charge in [-0.1, -0.05) is 259 Å². The molecular formula is C96H80BN11. The van der Waals surface area contributed by atoms with Crippen molar-refractivity contribution in [3.63, 3.8) is 0 Å². The second-order valence-electron chi connectivity index (χ2n) is 32.7. The topological polar surface area (TPSA) is 117 Å². The first-order valence-corrected chi connectivity index (χ1v) is 37.0. The molecule has 5 heterocycles. The number of para-hydroxylation sites is 1. The normalized spacial score (nSPS) is 12.7. The van der Waals surface area contributed by atoms with Crippen LogP contribution >= 0.6 is 0 Å². The third-order valence-corrected chi connectivity index (χ3v) is 21.3. The first-order valence-electron chi connectivity index (χ1n) is 37.0. The van der Waals surface area contributed by atoms with Crippen LogP contribution in [0.1, 0.15) is 111 Å². The molecule has 0 atom stereocenters. The van der Waals surface area contributed by atoms with E-state index in [2.05, 4.69) is 242 Å². The molecule has 522 valence electrons. The van der Waals surface area contributed by atoms with E-state index in [1.807, 2.05) is 133 Å². The molecule has 0 N–H and O–H groups in total. The summed E-state index contributed by atoms with van der Waals surface area (Å²) in [6.45, 7) is 35.8. The number of anilines is 6. The van der Waals surface area contributed by atoms with Crippen LogP contribution in [-0.2, 0) is 21.7 Å². The molecule has 17 rings (SSSR count). The zero-order valence-electron chi connectivity index (χ0n) is 62.9. The van der Waals surface area contributed by atoms with E-state index in [1.165, 1.54) is 22.3 Å². The Hall–Kier alpha value is -12.9. The molecule has 0 bridgehead atoms. The molecule has 0 saturated carbocycles. The molecule has 11 nitrogen and oxygen atoms in total. The molecule has 0 fully saturated rings. The Morgan fingerprint density at radius 3 is 1.19 bits per heavy atom. The number of nitrogens with zero attached hydrogens (tertiary/aromatic N) is 11. The van der Waals surface area contributed by atoms with Gasteiger partial charge in [0.15, 0.2) is 40.6 Å². The first kappa shape index (κ1) is 68.2. The zero-order chi connectivity index (χ0) is 74.7. The maximum Gasteiger partial charge on any atom is 0.251 e. The van der Waals surface area contributed by atoms with E-state index in [4.69, 9.17) is 36.5 Å². The average Bonchev–Trinajstić information content (AvgIpc) is 0.786. The SMILES string of the molecule is [C-]#[N+]c1ccc2c(c1)N(c1cc(C(C)(C)C)cc(C(C)(C)C)c1)c1cc(-c3ccc4c(c3)c3ccccc3n4-c3ccc(-c4nc(-c5ccccc5)nc(-c5ccccc5)n4)cc3-c3nc(-c4ccccc4)nc(-c4ccccc4)n3)cc3c1B2c1ccc(C#N)cc1N3c1cc(C(C)(C)C)cc(C(C)(C)C)c1. The molecule has 0 unspecified atom stereocenters. The molecule has 0 spiro atoms. The van der Waals surface area contributed by atoms with E-state index in [1.54, 1.807) is 0 Å². The summed E-state index contributed by atoms with van der Waals surface area (Å²) in [4.78, 5) is 40.8. The van der Waals surface area contributed by atoms with E-state index in [-0.39, 0.29) is 28.4 Å². The Morgan fingerprint density at radius 1 is 0.333 bits per heavy atom. The number of nitriles is 1. The van der Waals surface area contributed by atoms with Crippen molar-refractivity contribution in [2.75, 3.05) is 9.80 Å². The molecule has 108 heavy (non-hydrogen) atoms. The van der Waals surface area contributed by atoms with Crippen LogP contribution in [0.25, 0.3) is 112 Å². The lowest BCUT2D eigenvalue weighted by atomic mass is 9.33. The molecule has 2 aliphatic heterocycles.